The summed E-state index contributed by atoms with van der Waals surface area (Å²) in [7, 11) is 0. The van der Waals surface area contributed by atoms with E-state index in [9.17, 15) is 4.79 Å². The monoisotopic (exact) mass is 265 g/mol. The Morgan fingerprint density at radius 1 is 1.50 bits per heavy atom. The summed E-state index contributed by atoms with van der Waals surface area (Å²) in [5, 5.41) is 3.08. The number of hydrogen-bond acceptors (Lipinski definition) is 3. The SMILES string of the molecule is CSc1ccccc1[C@@H](C)NC(=O)[C@@H]1CCOC1. The van der Waals surface area contributed by atoms with Crippen LogP contribution in [0.25, 0.3) is 0 Å². The number of ether oxygens (including phenoxy) is 1. The average molecular weight is 265 g/mol. The van der Waals surface area contributed by atoms with Gasteiger partial charge in [0.15, 0.2) is 0 Å². The molecule has 0 saturated carbocycles. The highest BCUT2D eigenvalue weighted by molar-refractivity contribution is 7.98. The summed E-state index contributed by atoms with van der Waals surface area (Å²) < 4.78 is 5.25. The lowest BCUT2D eigenvalue weighted by Gasteiger charge is -2.19. The Balaban J connectivity index is 2.02. The van der Waals surface area contributed by atoms with Gasteiger partial charge in [0.25, 0.3) is 0 Å². The third kappa shape index (κ3) is 3.06. The molecule has 0 aromatic heterocycles. The molecular formula is C14H19NO2S. The second-order valence-corrected chi connectivity index (χ2v) is 5.38. The van der Waals surface area contributed by atoms with Gasteiger partial charge < -0.3 is 10.1 Å². The van der Waals surface area contributed by atoms with E-state index in [0.717, 1.165) is 6.42 Å². The summed E-state index contributed by atoms with van der Waals surface area (Å²) in [6.07, 6.45) is 2.89. The van der Waals surface area contributed by atoms with Gasteiger partial charge in [0.2, 0.25) is 5.91 Å². The normalized spacial score (nSPS) is 20.7. The molecule has 2 atom stereocenters. The lowest BCUT2D eigenvalue weighted by atomic mass is 10.1. The molecule has 1 aromatic rings. The summed E-state index contributed by atoms with van der Waals surface area (Å²) in [6.45, 7) is 3.29. The zero-order valence-electron chi connectivity index (χ0n) is 10.8. The van der Waals surface area contributed by atoms with Crippen LogP contribution in [0.5, 0.6) is 0 Å². The summed E-state index contributed by atoms with van der Waals surface area (Å²) in [5.74, 6) is 0.129. The van der Waals surface area contributed by atoms with Crippen LogP contribution in [-0.4, -0.2) is 25.4 Å². The summed E-state index contributed by atoms with van der Waals surface area (Å²) >= 11 is 1.71. The second kappa shape index (κ2) is 6.25. The zero-order chi connectivity index (χ0) is 13.0. The Bertz CT molecular complexity index is 416. The first-order chi connectivity index (χ1) is 8.72. The van der Waals surface area contributed by atoms with Gasteiger partial charge in [-0.25, -0.2) is 0 Å². The van der Waals surface area contributed by atoms with Crippen molar-refractivity contribution in [1.82, 2.24) is 5.32 Å². The fourth-order valence-electron chi connectivity index (χ4n) is 2.17. The molecule has 0 bridgehead atoms. The standard InChI is InChI=1S/C14H19NO2S/c1-10(12-5-3-4-6-13(12)18-2)15-14(16)11-7-8-17-9-11/h3-6,10-11H,7-9H2,1-2H3,(H,15,16)/t10-,11-/m1/s1. The first kappa shape index (κ1) is 13.4. The van der Waals surface area contributed by atoms with Crippen LogP contribution >= 0.6 is 11.8 Å². The van der Waals surface area contributed by atoms with E-state index in [0.29, 0.717) is 13.2 Å². The number of nitrogens with one attached hydrogen (secondary N) is 1. The van der Waals surface area contributed by atoms with Gasteiger partial charge in [-0.05, 0) is 31.2 Å². The topological polar surface area (TPSA) is 38.3 Å². The van der Waals surface area contributed by atoms with Crippen molar-refractivity contribution in [3.05, 3.63) is 29.8 Å². The Hall–Kier alpha value is -1.00. The van der Waals surface area contributed by atoms with Gasteiger partial charge in [-0.3, -0.25) is 4.79 Å². The molecule has 1 saturated heterocycles. The largest absolute Gasteiger partial charge is 0.381 e. The Labute approximate surface area is 112 Å². The third-order valence-corrected chi connectivity index (χ3v) is 4.08. The fourth-order valence-corrected chi connectivity index (χ4v) is 2.87. The van der Waals surface area contributed by atoms with Gasteiger partial charge in [-0.1, -0.05) is 18.2 Å². The Morgan fingerprint density at radius 2 is 2.28 bits per heavy atom. The smallest absolute Gasteiger partial charge is 0.225 e. The summed E-state index contributed by atoms with van der Waals surface area (Å²) in [6, 6.07) is 8.23. The van der Waals surface area contributed by atoms with Crippen molar-refractivity contribution in [2.45, 2.75) is 24.3 Å². The predicted molar refractivity (Wildman–Crippen MR) is 73.7 cm³/mol. The molecule has 0 spiro atoms. The van der Waals surface area contributed by atoms with Gasteiger partial charge in [-0.2, -0.15) is 0 Å². The minimum absolute atomic E-state index is 0.0221. The number of rotatable bonds is 4. The number of benzene rings is 1. The molecular weight excluding hydrogens is 246 g/mol. The summed E-state index contributed by atoms with van der Waals surface area (Å²) in [5.41, 5.74) is 1.18. The highest BCUT2D eigenvalue weighted by Gasteiger charge is 2.25. The number of amides is 1. The zero-order valence-corrected chi connectivity index (χ0v) is 11.6. The minimum Gasteiger partial charge on any atom is -0.381 e. The van der Waals surface area contributed by atoms with E-state index in [1.54, 1.807) is 11.8 Å². The van der Waals surface area contributed by atoms with E-state index in [4.69, 9.17) is 4.74 Å². The van der Waals surface area contributed by atoms with E-state index in [2.05, 4.69) is 23.7 Å². The maximum Gasteiger partial charge on any atom is 0.225 e. The third-order valence-electron chi connectivity index (χ3n) is 3.26. The van der Waals surface area contributed by atoms with E-state index < -0.39 is 0 Å². The van der Waals surface area contributed by atoms with Crippen LogP contribution in [0.2, 0.25) is 0 Å². The van der Waals surface area contributed by atoms with Crippen LogP contribution < -0.4 is 5.32 Å². The number of thioether (sulfide) groups is 1. The van der Waals surface area contributed by atoms with Gasteiger partial charge in [0.05, 0.1) is 18.6 Å². The van der Waals surface area contributed by atoms with Crippen molar-refractivity contribution < 1.29 is 9.53 Å². The average Bonchev–Trinajstić information content (AvgIpc) is 2.92. The molecule has 1 aliphatic rings. The van der Waals surface area contributed by atoms with Crippen LogP contribution in [0.3, 0.4) is 0 Å². The summed E-state index contributed by atoms with van der Waals surface area (Å²) in [4.78, 5) is 13.2. The van der Waals surface area contributed by atoms with E-state index >= 15 is 0 Å². The fraction of sp³-hybridized carbons (Fsp3) is 0.500. The van der Waals surface area contributed by atoms with E-state index in [-0.39, 0.29) is 17.9 Å². The van der Waals surface area contributed by atoms with E-state index in [1.807, 2.05) is 19.1 Å². The maximum absolute atomic E-state index is 12.0. The van der Waals surface area contributed by atoms with Crippen molar-refractivity contribution in [2.75, 3.05) is 19.5 Å². The van der Waals surface area contributed by atoms with Crippen LogP contribution in [0.4, 0.5) is 0 Å². The van der Waals surface area contributed by atoms with Crippen LogP contribution in [0.1, 0.15) is 24.9 Å². The van der Waals surface area contributed by atoms with Gasteiger partial charge in [-0.15, -0.1) is 11.8 Å². The molecule has 0 aliphatic carbocycles. The molecule has 1 fully saturated rings. The minimum atomic E-state index is 0.0221. The molecule has 1 heterocycles. The maximum atomic E-state index is 12.0. The highest BCUT2D eigenvalue weighted by atomic mass is 32.2. The van der Waals surface area contributed by atoms with Crippen molar-refractivity contribution in [3.63, 3.8) is 0 Å². The lowest BCUT2D eigenvalue weighted by molar-refractivity contribution is -0.125. The second-order valence-electron chi connectivity index (χ2n) is 4.53. The molecule has 1 aliphatic heterocycles. The van der Waals surface area contributed by atoms with Gasteiger partial charge in [0.1, 0.15) is 0 Å². The Morgan fingerprint density at radius 3 is 2.94 bits per heavy atom. The number of carbonyl (C=O) groups is 1. The van der Waals surface area contributed by atoms with Crippen molar-refractivity contribution in [1.29, 1.82) is 0 Å². The quantitative estimate of drug-likeness (QED) is 0.851. The van der Waals surface area contributed by atoms with Crippen LogP contribution in [0.15, 0.2) is 29.2 Å². The molecule has 0 unspecified atom stereocenters. The molecule has 0 radical (unpaired) electrons. The van der Waals surface area contributed by atoms with E-state index in [1.165, 1.54) is 10.5 Å². The lowest BCUT2D eigenvalue weighted by Crippen LogP contribution is -2.33. The van der Waals surface area contributed by atoms with Gasteiger partial charge in [0, 0.05) is 11.5 Å². The molecule has 3 nitrogen and oxygen atoms in total. The van der Waals surface area contributed by atoms with Crippen molar-refractivity contribution >= 4 is 17.7 Å². The van der Waals surface area contributed by atoms with Crippen molar-refractivity contribution in [3.8, 4) is 0 Å². The first-order valence-electron chi connectivity index (χ1n) is 6.23. The Kier molecular flexibility index (Phi) is 4.66. The molecule has 2 rings (SSSR count). The molecule has 18 heavy (non-hydrogen) atoms. The molecule has 1 aromatic carbocycles. The molecule has 1 N–H and O–H groups in total. The molecule has 98 valence electrons. The highest BCUT2D eigenvalue weighted by Crippen LogP contribution is 2.26. The van der Waals surface area contributed by atoms with Crippen LogP contribution in [-0.2, 0) is 9.53 Å². The first-order valence-corrected chi connectivity index (χ1v) is 7.46. The van der Waals surface area contributed by atoms with Crippen molar-refractivity contribution in [2.24, 2.45) is 5.92 Å². The van der Waals surface area contributed by atoms with Crippen LogP contribution in [0, 0.1) is 5.92 Å². The number of hydrogen-bond donors (Lipinski definition) is 1. The number of carbonyl (C=O) groups excluding carboxylic acids is 1. The predicted octanol–water partition coefficient (Wildman–Crippen LogP) is 2.62. The van der Waals surface area contributed by atoms with Gasteiger partial charge >= 0.3 is 0 Å². The molecule has 1 amide bonds. The molecule has 4 heteroatoms.